The van der Waals surface area contributed by atoms with Crippen LogP contribution in [0.4, 0.5) is 0 Å². The predicted octanol–water partition coefficient (Wildman–Crippen LogP) is 5.45. The molecule has 56 heavy (non-hydrogen) atoms. The molecule has 12 nitrogen and oxygen atoms in total. The molecular formula is C43H56ClN5O7. The summed E-state index contributed by atoms with van der Waals surface area (Å²) in [4.78, 5) is 76.8. The number of ether oxygens (including phenoxy) is 1. The van der Waals surface area contributed by atoms with Gasteiger partial charge in [-0.15, -0.1) is 0 Å². The van der Waals surface area contributed by atoms with Crippen molar-refractivity contribution < 1.29 is 33.5 Å². The quantitative estimate of drug-likeness (QED) is 0.215. The Labute approximate surface area is 334 Å². The second-order valence-electron chi connectivity index (χ2n) is 17.0. The van der Waals surface area contributed by atoms with Crippen molar-refractivity contribution in [1.82, 2.24) is 20.9 Å². The predicted molar refractivity (Wildman–Crippen MR) is 213 cm³/mol. The standard InChI is InChI=1S/C43H56ClN5O7/c1-5-10-32(37(51)40(53)45-19-17-28-15-16-35-30(21-28)18-20-55-35)46-39(52)34-25-43(24-33(48-56-43)29-13-9-14-31(44)23-29)26-49(34)41(54)38(42(2,3)4)47-36(50)22-27-11-7-6-8-12-27/h9,13-16,21,23,27,32,34,38H,5-8,10-12,17-20,22,24-26H2,1-4H3,(H,45,53)(H,46,52)(H,47,50)/t32-,34-,38+,43+/m0/s1. The van der Waals surface area contributed by atoms with Gasteiger partial charge in [0.05, 0.1) is 24.9 Å². The lowest BCUT2D eigenvalue weighted by molar-refractivity contribution is -0.145. The highest BCUT2D eigenvalue weighted by Crippen LogP contribution is 2.40. The number of rotatable bonds is 14. The van der Waals surface area contributed by atoms with E-state index in [4.69, 9.17) is 21.2 Å². The zero-order valence-electron chi connectivity index (χ0n) is 33.1. The second kappa shape index (κ2) is 17.8. The Morgan fingerprint density at radius 1 is 1.04 bits per heavy atom. The Balaban J connectivity index is 1.17. The molecule has 6 rings (SSSR count). The fourth-order valence-electron chi connectivity index (χ4n) is 8.43. The summed E-state index contributed by atoms with van der Waals surface area (Å²) >= 11 is 6.28. The van der Waals surface area contributed by atoms with Crippen molar-refractivity contribution in [3.63, 3.8) is 0 Å². The highest BCUT2D eigenvalue weighted by atomic mass is 35.5. The molecule has 3 aliphatic heterocycles. The van der Waals surface area contributed by atoms with Crippen LogP contribution >= 0.6 is 11.6 Å². The molecular weight excluding hydrogens is 734 g/mol. The van der Waals surface area contributed by atoms with Crippen LogP contribution in [0.25, 0.3) is 0 Å². The minimum atomic E-state index is -1.10. The van der Waals surface area contributed by atoms with Crippen LogP contribution in [-0.4, -0.2) is 83.4 Å². The van der Waals surface area contributed by atoms with Crippen LogP contribution in [0.3, 0.4) is 0 Å². The lowest BCUT2D eigenvalue weighted by Gasteiger charge is -2.36. The van der Waals surface area contributed by atoms with Crippen LogP contribution in [0.15, 0.2) is 47.6 Å². The topological polar surface area (TPSA) is 155 Å². The average molecular weight is 790 g/mol. The van der Waals surface area contributed by atoms with Crippen LogP contribution in [0, 0.1) is 11.3 Å². The van der Waals surface area contributed by atoms with Gasteiger partial charge >= 0.3 is 0 Å². The van der Waals surface area contributed by atoms with Gasteiger partial charge in [-0.1, -0.05) is 94.4 Å². The summed E-state index contributed by atoms with van der Waals surface area (Å²) in [6.07, 6.45) is 8.23. The van der Waals surface area contributed by atoms with Crippen molar-refractivity contribution in [2.45, 2.75) is 128 Å². The molecule has 4 atom stereocenters. The lowest BCUT2D eigenvalue weighted by Crippen LogP contribution is -2.59. The molecule has 2 aromatic carbocycles. The number of Topliss-reactive ketones (excluding diaryl/α,β-unsaturated/α-hetero) is 1. The second-order valence-corrected chi connectivity index (χ2v) is 17.5. The molecule has 13 heteroatoms. The number of oxime groups is 1. The first-order chi connectivity index (χ1) is 26.7. The molecule has 1 saturated heterocycles. The van der Waals surface area contributed by atoms with Crippen molar-refractivity contribution in [2.24, 2.45) is 16.5 Å². The van der Waals surface area contributed by atoms with E-state index < -0.39 is 52.6 Å². The largest absolute Gasteiger partial charge is 0.493 e. The minimum Gasteiger partial charge on any atom is -0.493 e. The van der Waals surface area contributed by atoms with E-state index in [0.29, 0.717) is 43.0 Å². The number of ketones is 1. The molecule has 1 saturated carbocycles. The Morgan fingerprint density at radius 2 is 1.82 bits per heavy atom. The summed E-state index contributed by atoms with van der Waals surface area (Å²) in [5.74, 6) is -1.55. The molecule has 4 aliphatic rings. The number of hydrogen-bond donors (Lipinski definition) is 3. The zero-order chi connectivity index (χ0) is 40.0. The number of nitrogens with one attached hydrogen (secondary N) is 3. The zero-order valence-corrected chi connectivity index (χ0v) is 33.8. The fraction of sp³-hybridized carbons (Fsp3) is 0.581. The third-order valence-electron chi connectivity index (χ3n) is 11.5. The monoisotopic (exact) mass is 789 g/mol. The number of amides is 4. The van der Waals surface area contributed by atoms with Crippen LogP contribution in [0.5, 0.6) is 5.75 Å². The molecule has 4 amide bonds. The van der Waals surface area contributed by atoms with Gasteiger partial charge in [0.2, 0.25) is 23.5 Å². The number of likely N-dealkylation sites (tertiary alicyclic amines) is 1. The van der Waals surface area contributed by atoms with E-state index in [0.717, 1.165) is 54.5 Å². The van der Waals surface area contributed by atoms with E-state index in [9.17, 15) is 24.0 Å². The molecule has 3 heterocycles. The summed E-state index contributed by atoms with van der Waals surface area (Å²) in [6.45, 7) is 8.46. The third-order valence-corrected chi connectivity index (χ3v) is 11.7. The van der Waals surface area contributed by atoms with Crippen LogP contribution in [0.2, 0.25) is 5.02 Å². The van der Waals surface area contributed by atoms with Crippen molar-refractivity contribution in [3.05, 3.63) is 64.2 Å². The van der Waals surface area contributed by atoms with Gasteiger partial charge in [0.1, 0.15) is 17.8 Å². The van der Waals surface area contributed by atoms with Crippen molar-refractivity contribution in [1.29, 1.82) is 0 Å². The molecule has 1 spiro atoms. The van der Waals surface area contributed by atoms with Crippen molar-refractivity contribution in [2.75, 3.05) is 19.7 Å². The molecule has 0 aromatic heterocycles. The van der Waals surface area contributed by atoms with Gasteiger partial charge in [0.15, 0.2) is 5.60 Å². The normalized spacial score (nSPS) is 21.7. The highest BCUT2D eigenvalue weighted by molar-refractivity contribution is 6.38. The Hall–Kier alpha value is -4.45. The van der Waals surface area contributed by atoms with Crippen molar-refractivity contribution >= 4 is 46.7 Å². The number of carbonyl (C=O) groups is 5. The molecule has 302 valence electrons. The van der Waals surface area contributed by atoms with Crippen LogP contribution < -0.4 is 20.7 Å². The van der Waals surface area contributed by atoms with E-state index in [1.807, 2.05) is 52.0 Å². The molecule has 0 radical (unpaired) electrons. The summed E-state index contributed by atoms with van der Waals surface area (Å²) in [5.41, 5.74) is 1.83. The van der Waals surface area contributed by atoms with Gasteiger partial charge in [-0.05, 0) is 66.3 Å². The molecule has 2 aromatic rings. The highest BCUT2D eigenvalue weighted by Gasteiger charge is 2.55. The first-order valence-electron chi connectivity index (χ1n) is 20.2. The number of benzene rings is 2. The number of hydrogen-bond acceptors (Lipinski definition) is 8. The van der Waals surface area contributed by atoms with E-state index >= 15 is 0 Å². The number of nitrogens with zero attached hydrogens (tertiary/aromatic N) is 2. The SMILES string of the molecule is CCC[C@H](NC(=O)[C@@H]1C[C@]2(CC(c3cccc(Cl)c3)=NO2)CN1C(=O)[C@@H](NC(=O)CC1CCCCC1)C(C)(C)C)C(=O)C(=O)NCCc1ccc2c(c1)CCO2. The maximum atomic E-state index is 14.7. The number of halogens is 1. The number of fused-ring (bicyclic) bond motifs is 1. The van der Waals surface area contributed by atoms with Crippen LogP contribution in [-0.2, 0) is 41.7 Å². The van der Waals surface area contributed by atoms with Gasteiger partial charge in [0.25, 0.3) is 5.91 Å². The molecule has 0 bridgehead atoms. The van der Waals surface area contributed by atoms with Gasteiger partial charge in [-0.2, -0.15) is 0 Å². The maximum absolute atomic E-state index is 14.7. The van der Waals surface area contributed by atoms with E-state index in [1.165, 1.54) is 11.3 Å². The fourth-order valence-corrected chi connectivity index (χ4v) is 8.62. The van der Waals surface area contributed by atoms with Crippen molar-refractivity contribution in [3.8, 4) is 5.75 Å². The first-order valence-corrected chi connectivity index (χ1v) is 20.6. The molecule has 1 aliphatic carbocycles. The summed E-state index contributed by atoms with van der Waals surface area (Å²) in [5, 5.41) is 13.5. The van der Waals surface area contributed by atoms with Gasteiger partial charge in [-0.25, -0.2) is 0 Å². The van der Waals surface area contributed by atoms with Gasteiger partial charge < -0.3 is 30.4 Å². The Bertz CT molecular complexity index is 1840. The Morgan fingerprint density at radius 3 is 2.55 bits per heavy atom. The van der Waals surface area contributed by atoms with E-state index in [1.54, 1.807) is 12.1 Å². The average Bonchev–Trinajstić information content (AvgIpc) is 3.91. The molecule has 2 fully saturated rings. The maximum Gasteiger partial charge on any atom is 0.289 e. The van der Waals surface area contributed by atoms with E-state index in [2.05, 4.69) is 27.2 Å². The number of carbonyl (C=O) groups excluding carboxylic acids is 5. The third kappa shape index (κ3) is 9.91. The first kappa shape index (κ1) is 41.2. The van der Waals surface area contributed by atoms with E-state index in [-0.39, 0.29) is 37.8 Å². The smallest absolute Gasteiger partial charge is 0.289 e. The lowest BCUT2D eigenvalue weighted by atomic mass is 9.84. The molecule has 0 unspecified atom stereocenters. The van der Waals surface area contributed by atoms with Crippen LogP contribution in [0.1, 0.15) is 109 Å². The summed E-state index contributed by atoms with van der Waals surface area (Å²) < 4.78 is 5.58. The Kier molecular flexibility index (Phi) is 13.1. The minimum absolute atomic E-state index is 0.0320. The summed E-state index contributed by atoms with van der Waals surface area (Å²) in [7, 11) is 0. The molecule has 3 N–H and O–H groups in total. The van der Waals surface area contributed by atoms with Gasteiger partial charge in [-0.3, -0.25) is 24.0 Å². The van der Waals surface area contributed by atoms with Gasteiger partial charge in [0, 0.05) is 42.8 Å². The summed E-state index contributed by atoms with van der Waals surface area (Å²) in [6, 6.07) is 10.1.